The van der Waals surface area contributed by atoms with Gasteiger partial charge >= 0.3 is 0 Å². The van der Waals surface area contributed by atoms with Crippen molar-refractivity contribution in [3.63, 3.8) is 0 Å². The minimum atomic E-state index is -0.148. The van der Waals surface area contributed by atoms with Gasteiger partial charge in [0.15, 0.2) is 0 Å². The molecule has 2 aromatic rings. The SMILES string of the molecule is CC1C(C(=O)NN2CCCCCCC2)=NN(c2ccccc2Cl)C1c1ccc(Cl)cc1. The van der Waals surface area contributed by atoms with Crippen molar-refractivity contribution in [1.29, 1.82) is 0 Å². The summed E-state index contributed by atoms with van der Waals surface area (Å²) in [6.07, 6.45) is 5.90. The van der Waals surface area contributed by atoms with Gasteiger partial charge in [-0.25, -0.2) is 5.01 Å². The number of hydrogen-bond donors (Lipinski definition) is 1. The molecule has 2 unspecified atom stereocenters. The molecular formula is C24H28Cl2N4O. The zero-order valence-electron chi connectivity index (χ0n) is 17.7. The van der Waals surface area contributed by atoms with E-state index >= 15 is 0 Å². The van der Waals surface area contributed by atoms with Gasteiger partial charge in [0.25, 0.3) is 5.91 Å². The van der Waals surface area contributed by atoms with Crippen molar-refractivity contribution in [3.05, 3.63) is 64.1 Å². The molecule has 31 heavy (non-hydrogen) atoms. The van der Waals surface area contributed by atoms with E-state index in [0.29, 0.717) is 15.8 Å². The average molecular weight is 459 g/mol. The lowest BCUT2D eigenvalue weighted by molar-refractivity contribution is -0.119. The predicted molar refractivity (Wildman–Crippen MR) is 128 cm³/mol. The molecule has 0 aliphatic carbocycles. The molecule has 2 aromatic carbocycles. The van der Waals surface area contributed by atoms with Crippen molar-refractivity contribution in [2.45, 2.75) is 45.1 Å². The topological polar surface area (TPSA) is 47.9 Å². The van der Waals surface area contributed by atoms with Crippen molar-refractivity contribution in [3.8, 4) is 0 Å². The van der Waals surface area contributed by atoms with Crippen molar-refractivity contribution in [1.82, 2.24) is 10.4 Å². The Morgan fingerprint density at radius 2 is 1.61 bits per heavy atom. The lowest BCUT2D eigenvalue weighted by atomic mass is 9.91. The molecule has 2 aliphatic heterocycles. The van der Waals surface area contributed by atoms with Gasteiger partial charge in [0.05, 0.1) is 16.8 Å². The molecule has 4 rings (SSSR count). The van der Waals surface area contributed by atoms with E-state index in [-0.39, 0.29) is 17.9 Å². The number of carbonyl (C=O) groups excluding carboxylic acids is 1. The third-order valence-corrected chi connectivity index (χ3v) is 6.61. The summed E-state index contributed by atoms with van der Waals surface area (Å²) in [6, 6.07) is 15.2. The summed E-state index contributed by atoms with van der Waals surface area (Å²) >= 11 is 12.6. The summed E-state index contributed by atoms with van der Waals surface area (Å²) in [4.78, 5) is 13.3. The zero-order valence-corrected chi connectivity index (χ0v) is 19.2. The van der Waals surface area contributed by atoms with Crippen molar-refractivity contribution >= 4 is 40.5 Å². The van der Waals surface area contributed by atoms with Crippen LogP contribution in [0.1, 0.15) is 50.6 Å². The van der Waals surface area contributed by atoms with Crippen LogP contribution in [0.2, 0.25) is 10.0 Å². The predicted octanol–water partition coefficient (Wildman–Crippen LogP) is 5.84. The number of hydrogen-bond acceptors (Lipinski definition) is 4. The van der Waals surface area contributed by atoms with Crippen LogP contribution in [0.25, 0.3) is 0 Å². The fourth-order valence-corrected chi connectivity index (χ4v) is 4.72. The molecule has 0 bridgehead atoms. The Balaban J connectivity index is 1.62. The summed E-state index contributed by atoms with van der Waals surface area (Å²) in [5.41, 5.74) is 5.44. The highest BCUT2D eigenvalue weighted by Gasteiger charge is 2.40. The Morgan fingerprint density at radius 3 is 2.29 bits per heavy atom. The molecule has 164 valence electrons. The van der Waals surface area contributed by atoms with E-state index in [1.807, 2.05) is 65.5 Å². The van der Waals surface area contributed by atoms with Crippen molar-refractivity contribution < 1.29 is 4.79 Å². The van der Waals surface area contributed by atoms with Crippen LogP contribution in [-0.4, -0.2) is 29.7 Å². The molecule has 2 heterocycles. The summed E-state index contributed by atoms with van der Waals surface area (Å²) in [5.74, 6) is -0.256. The Kier molecular flexibility index (Phi) is 7.16. The minimum absolute atomic E-state index is 0.118. The normalized spacial score (nSPS) is 22.5. The fourth-order valence-electron chi connectivity index (χ4n) is 4.37. The summed E-state index contributed by atoms with van der Waals surface area (Å²) < 4.78 is 0. The van der Waals surface area contributed by atoms with Gasteiger partial charge in [-0.3, -0.25) is 15.2 Å². The maximum atomic E-state index is 13.3. The molecule has 0 saturated carbocycles. The molecular weight excluding hydrogens is 431 g/mol. The molecule has 0 radical (unpaired) electrons. The van der Waals surface area contributed by atoms with E-state index in [2.05, 4.69) is 5.43 Å². The van der Waals surface area contributed by atoms with Crippen molar-refractivity contribution in [2.24, 2.45) is 11.0 Å². The molecule has 0 aromatic heterocycles. The van der Waals surface area contributed by atoms with Crippen LogP contribution in [0, 0.1) is 5.92 Å². The number of nitrogens with one attached hydrogen (secondary N) is 1. The monoisotopic (exact) mass is 458 g/mol. The van der Waals surface area contributed by atoms with Gasteiger partial charge in [-0.2, -0.15) is 5.10 Å². The van der Waals surface area contributed by atoms with E-state index in [1.54, 1.807) is 0 Å². The zero-order chi connectivity index (χ0) is 21.8. The van der Waals surface area contributed by atoms with Gasteiger partial charge in [0.1, 0.15) is 5.71 Å². The van der Waals surface area contributed by atoms with E-state index in [0.717, 1.165) is 37.2 Å². The first-order valence-electron chi connectivity index (χ1n) is 11.0. The second kappa shape index (κ2) is 10.0. The van der Waals surface area contributed by atoms with Crippen LogP contribution < -0.4 is 10.4 Å². The number of hydrazone groups is 1. The van der Waals surface area contributed by atoms with Crippen LogP contribution in [-0.2, 0) is 4.79 Å². The van der Waals surface area contributed by atoms with Gasteiger partial charge in [0, 0.05) is 24.0 Å². The van der Waals surface area contributed by atoms with Gasteiger partial charge in [-0.1, -0.05) is 73.7 Å². The number of hydrazine groups is 1. The first-order valence-corrected chi connectivity index (χ1v) is 11.7. The van der Waals surface area contributed by atoms with Crippen molar-refractivity contribution in [2.75, 3.05) is 18.1 Å². The summed E-state index contributed by atoms with van der Waals surface area (Å²) in [6.45, 7) is 3.80. The number of nitrogens with zero attached hydrogens (tertiary/aromatic N) is 3. The largest absolute Gasteiger partial charge is 0.284 e. The number of rotatable bonds is 4. The molecule has 1 amide bonds. The maximum Gasteiger partial charge on any atom is 0.282 e. The number of anilines is 1. The van der Waals surface area contributed by atoms with E-state index < -0.39 is 0 Å². The highest BCUT2D eigenvalue weighted by atomic mass is 35.5. The third-order valence-electron chi connectivity index (χ3n) is 6.04. The molecule has 1 fully saturated rings. The average Bonchev–Trinajstić information content (AvgIpc) is 3.08. The van der Waals surface area contributed by atoms with E-state index in [9.17, 15) is 4.79 Å². The number of benzene rings is 2. The molecule has 2 aliphatic rings. The number of carbonyl (C=O) groups is 1. The first-order chi connectivity index (χ1) is 15.0. The fraction of sp³-hybridized carbons (Fsp3) is 0.417. The third kappa shape index (κ3) is 5.05. The second-order valence-electron chi connectivity index (χ2n) is 8.26. The lowest BCUT2D eigenvalue weighted by Gasteiger charge is -2.28. The second-order valence-corrected chi connectivity index (χ2v) is 9.11. The Morgan fingerprint density at radius 1 is 0.968 bits per heavy atom. The molecule has 1 N–H and O–H groups in total. The molecule has 7 heteroatoms. The Labute approximate surface area is 194 Å². The first kappa shape index (κ1) is 22.1. The molecule has 1 saturated heterocycles. The molecule has 0 spiro atoms. The highest BCUT2D eigenvalue weighted by molar-refractivity contribution is 6.40. The van der Waals surface area contributed by atoms with Gasteiger partial charge in [-0.05, 0) is 42.7 Å². The minimum Gasteiger partial charge on any atom is -0.284 e. The van der Waals surface area contributed by atoms with Gasteiger partial charge in [-0.15, -0.1) is 0 Å². The maximum absolute atomic E-state index is 13.3. The van der Waals surface area contributed by atoms with E-state index in [1.165, 1.54) is 19.3 Å². The van der Waals surface area contributed by atoms with Crippen LogP contribution in [0.3, 0.4) is 0 Å². The van der Waals surface area contributed by atoms with Crippen LogP contribution >= 0.6 is 23.2 Å². The number of halogens is 2. The Hall–Kier alpha value is -2.08. The highest BCUT2D eigenvalue weighted by Crippen LogP contribution is 2.41. The lowest BCUT2D eigenvalue weighted by Crippen LogP contribution is -2.47. The Bertz CT molecular complexity index is 939. The summed E-state index contributed by atoms with van der Waals surface area (Å²) in [7, 11) is 0. The quantitative estimate of drug-likeness (QED) is 0.625. The van der Waals surface area contributed by atoms with Crippen LogP contribution in [0.5, 0.6) is 0 Å². The molecule has 2 atom stereocenters. The standard InChI is InChI=1S/C24H28Cl2N4O/c1-17-22(24(31)28-29-15-7-3-2-4-8-16-29)27-30(21-10-6-5-9-20(21)26)23(17)18-11-13-19(25)14-12-18/h5-6,9-14,17,23H,2-4,7-8,15-16H2,1H3,(H,28,31). The number of amides is 1. The number of para-hydroxylation sites is 1. The smallest absolute Gasteiger partial charge is 0.282 e. The summed E-state index contributed by atoms with van der Waals surface area (Å²) in [5, 5.41) is 9.98. The van der Waals surface area contributed by atoms with Crippen LogP contribution in [0.4, 0.5) is 5.69 Å². The van der Waals surface area contributed by atoms with Gasteiger partial charge in [0.2, 0.25) is 0 Å². The van der Waals surface area contributed by atoms with E-state index in [4.69, 9.17) is 28.3 Å². The van der Waals surface area contributed by atoms with Gasteiger partial charge < -0.3 is 0 Å². The molecule has 5 nitrogen and oxygen atoms in total. The van der Waals surface area contributed by atoms with Crippen LogP contribution in [0.15, 0.2) is 53.6 Å².